The number of thiophene rings is 1. The first-order chi connectivity index (χ1) is 14.4. The average molecular weight is 433 g/mol. The minimum absolute atomic E-state index is 0.00680. The second kappa shape index (κ2) is 9.62. The Hall–Kier alpha value is -3.07. The van der Waals surface area contributed by atoms with E-state index in [2.05, 4.69) is 5.32 Å². The van der Waals surface area contributed by atoms with Gasteiger partial charge in [-0.25, -0.2) is 9.59 Å². The number of benzene rings is 1. The van der Waals surface area contributed by atoms with Crippen molar-refractivity contribution >= 4 is 34.2 Å². The summed E-state index contributed by atoms with van der Waals surface area (Å²) in [6, 6.07) is 8.68. The van der Waals surface area contributed by atoms with E-state index < -0.39 is 30.6 Å². The van der Waals surface area contributed by atoms with Gasteiger partial charge in [0, 0.05) is 4.88 Å². The van der Waals surface area contributed by atoms with Gasteiger partial charge < -0.3 is 24.3 Å². The number of esters is 2. The summed E-state index contributed by atoms with van der Waals surface area (Å²) in [5, 5.41) is 2.99. The largest absolute Gasteiger partial charge is 0.485 e. The third-order valence-corrected chi connectivity index (χ3v) is 5.54. The van der Waals surface area contributed by atoms with Crippen LogP contribution in [-0.4, -0.2) is 43.8 Å². The minimum Gasteiger partial charge on any atom is -0.485 e. The number of nitrogens with one attached hydrogen (secondary N) is 1. The van der Waals surface area contributed by atoms with E-state index in [0.717, 1.165) is 4.88 Å². The van der Waals surface area contributed by atoms with Crippen LogP contribution in [0, 0.1) is 0 Å². The molecule has 1 amide bonds. The number of ether oxygens (including phenoxy) is 4. The number of fused-ring (bicyclic) bond motifs is 1. The van der Waals surface area contributed by atoms with E-state index >= 15 is 0 Å². The molecule has 8 nitrogen and oxygen atoms in total. The average Bonchev–Trinajstić information content (AvgIpc) is 3.16. The Bertz CT molecular complexity index is 937. The van der Waals surface area contributed by atoms with Crippen LogP contribution in [0.15, 0.2) is 30.3 Å². The first-order valence-corrected chi connectivity index (χ1v) is 10.4. The van der Waals surface area contributed by atoms with Crippen molar-refractivity contribution in [2.45, 2.75) is 32.8 Å². The predicted octanol–water partition coefficient (Wildman–Crippen LogP) is 3.37. The number of para-hydroxylation sites is 2. The van der Waals surface area contributed by atoms with Crippen LogP contribution >= 0.6 is 11.3 Å². The standard InChI is InChI=1S/C21H23NO7S/c1-4-26-20(24)13-9-17(12(2)3)30-19(13)22-18(23)11-28-21(25)16-10-27-14-7-5-6-8-15(14)29-16/h5-9,12,16H,4,10-11H2,1-3H3,(H,22,23). The van der Waals surface area contributed by atoms with E-state index in [4.69, 9.17) is 18.9 Å². The number of hydrogen-bond donors (Lipinski definition) is 1. The number of carbonyl (C=O) groups excluding carboxylic acids is 3. The molecule has 2 aromatic rings. The highest BCUT2D eigenvalue weighted by Gasteiger charge is 2.29. The van der Waals surface area contributed by atoms with Crippen LogP contribution in [0.2, 0.25) is 0 Å². The molecule has 0 saturated heterocycles. The first-order valence-electron chi connectivity index (χ1n) is 9.54. The monoisotopic (exact) mass is 433 g/mol. The molecule has 160 valence electrons. The molecule has 0 aliphatic carbocycles. The second-order valence-electron chi connectivity index (χ2n) is 6.79. The SMILES string of the molecule is CCOC(=O)c1cc(C(C)C)sc1NC(=O)COC(=O)C1COc2ccccc2O1. The zero-order chi connectivity index (χ0) is 21.7. The number of anilines is 1. The summed E-state index contributed by atoms with van der Waals surface area (Å²) < 4.78 is 21.2. The van der Waals surface area contributed by atoms with Crippen LogP contribution in [0.3, 0.4) is 0 Å². The third kappa shape index (κ3) is 5.10. The molecule has 1 N–H and O–H groups in total. The van der Waals surface area contributed by atoms with Crippen LogP contribution in [0.1, 0.15) is 41.9 Å². The van der Waals surface area contributed by atoms with Crippen molar-refractivity contribution in [2.75, 3.05) is 25.1 Å². The van der Waals surface area contributed by atoms with Crippen LogP contribution in [-0.2, 0) is 19.1 Å². The van der Waals surface area contributed by atoms with Crippen molar-refractivity contribution in [2.24, 2.45) is 0 Å². The van der Waals surface area contributed by atoms with Gasteiger partial charge in [-0.05, 0) is 31.0 Å². The van der Waals surface area contributed by atoms with Crippen molar-refractivity contribution in [3.05, 3.63) is 40.8 Å². The quantitative estimate of drug-likeness (QED) is 0.668. The van der Waals surface area contributed by atoms with Gasteiger partial charge in [0.15, 0.2) is 18.1 Å². The molecular weight excluding hydrogens is 410 g/mol. The number of hydrogen-bond acceptors (Lipinski definition) is 8. The van der Waals surface area contributed by atoms with Gasteiger partial charge >= 0.3 is 11.9 Å². The molecule has 1 aliphatic rings. The van der Waals surface area contributed by atoms with Crippen molar-refractivity contribution in [3.8, 4) is 11.5 Å². The van der Waals surface area contributed by atoms with Crippen LogP contribution in [0.5, 0.6) is 11.5 Å². The fourth-order valence-corrected chi connectivity index (χ4v) is 3.74. The van der Waals surface area contributed by atoms with E-state index in [1.165, 1.54) is 11.3 Å². The lowest BCUT2D eigenvalue weighted by Crippen LogP contribution is -2.39. The molecule has 0 radical (unpaired) electrons. The molecule has 0 fully saturated rings. The molecule has 2 heterocycles. The van der Waals surface area contributed by atoms with Crippen molar-refractivity contribution in [3.63, 3.8) is 0 Å². The zero-order valence-corrected chi connectivity index (χ0v) is 17.7. The summed E-state index contributed by atoms with van der Waals surface area (Å²) in [6.45, 7) is 5.38. The molecule has 30 heavy (non-hydrogen) atoms. The van der Waals surface area contributed by atoms with Gasteiger partial charge in [-0.15, -0.1) is 11.3 Å². The number of rotatable bonds is 7. The lowest BCUT2D eigenvalue weighted by atomic mass is 10.1. The Balaban J connectivity index is 1.58. The fourth-order valence-electron chi connectivity index (χ4n) is 2.68. The highest BCUT2D eigenvalue weighted by Crippen LogP contribution is 2.33. The molecule has 3 rings (SSSR count). The maximum absolute atomic E-state index is 12.3. The topological polar surface area (TPSA) is 100 Å². The summed E-state index contributed by atoms with van der Waals surface area (Å²) in [5.41, 5.74) is 0.283. The van der Waals surface area contributed by atoms with Crippen molar-refractivity contribution in [1.29, 1.82) is 0 Å². The summed E-state index contributed by atoms with van der Waals surface area (Å²) in [6.07, 6.45) is -0.961. The van der Waals surface area contributed by atoms with Gasteiger partial charge in [0.2, 0.25) is 6.10 Å². The van der Waals surface area contributed by atoms with Crippen LogP contribution < -0.4 is 14.8 Å². The summed E-state index contributed by atoms with van der Waals surface area (Å²) in [7, 11) is 0. The minimum atomic E-state index is -0.961. The molecule has 1 aromatic heterocycles. The lowest BCUT2D eigenvalue weighted by molar-refractivity contribution is -0.156. The fraction of sp³-hybridized carbons (Fsp3) is 0.381. The third-order valence-electron chi connectivity index (χ3n) is 4.19. The molecular formula is C21H23NO7S. The first kappa shape index (κ1) is 21.6. The van der Waals surface area contributed by atoms with Gasteiger partial charge in [0.1, 0.15) is 11.6 Å². The molecule has 1 aromatic carbocycles. The predicted molar refractivity (Wildman–Crippen MR) is 110 cm³/mol. The van der Waals surface area contributed by atoms with E-state index in [9.17, 15) is 14.4 Å². The summed E-state index contributed by atoms with van der Waals surface area (Å²) in [5.74, 6) is -0.627. The zero-order valence-electron chi connectivity index (χ0n) is 16.9. The molecule has 9 heteroatoms. The highest BCUT2D eigenvalue weighted by atomic mass is 32.1. The van der Waals surface area contributed by atoms with Crippen molar-refractivity contribution < 1.29 is 33.3 Å². The maximum Gasteiger partial charge on any atom is 0.351 e. The Morgan fingerprint density at radius 2 is 1.93 bits per heavy atom. The smallest absolute Gasteiger partial charge is 0.351 e. The van der Waals surface area contributed by atoms with Gasteiger partial charge in [0.05, 0.1) is 12.2 Å². The van der Waals surface area contributed by atoms with E-state index in [1.54, 1.807) is 37.3 Å². The Kier molecular flexibility index (Phi) is 6.94. The van der Waals surface area contributed by atoms with Gasteiger partial charge in [-0.1, -0.05) is 26.0 Å². The van der Waals surface area contributed by atoms with Gasteiger partial charge in [-0.3, -0.25) is 4.79 Å². The number of carbonyl (C=O) groups is 3. The van der Waals surface area contributed by atoms with E-state index in [-0.39, 0.29) is 24.7 Å². The highest BCUT2D eigenvalue weighted by molar-refractivity contribution is 7.16. The Morgan fingerprint density at radius 3 is 2.63 bits per heavy atom. The Morgan fingerprint density at radius 1 is 1.20 bits per heavy atom. The van der Waals surface area contributed by atoms with E-state index in [0.29, 0.717) is 16.5 Å². The normalized spacial score (nSPS) is 14.9. The maximum atomic E-state index is 12.3. The molecule has 0 saturated carbocycles. The number of amides is 1. The second-order valence-corrected chi connectivity index (χ2v) is 7.87. The van der Waals surface area contributed by atoms with Crippen LogP contribution in [0.4, 0.5) is 5.00 Å². The Labute approximate surface area is 178 Å². The molecule has 1 aliphatic heterocycles. The molecule has 1 atom stereocenters. The van der Waals surface area contributed by atoms with Crippen LogP contribution in [0.25, 0.3) is 0 Å². The van der Waals surface area contributed by atoms with Gasteiger partial charge in [-0.2, -0.15) is 0 Å². The molecule has 0 bridgehead atoms. The van der Waals surface area contributed by atoms with Gasteiger partial charge in [0.25, 0.3) is 5.91 Å². The molecule has 1 unspecified atom stereocenters. The molecule has 0 spiro atoms. The summed E-state index contributed by atoms with van der Waals surface area (Å²) in [4.78, 5) is 37.6. The van der Waals surface area contributed by atoms with E-state index in [1.807, 2.05) is 13.8 Å². The lowest BCUT2D eigenvalue weighted by Gasteiger charge is -2.24. The summed E-state index contributed by atoms with van der Waals surface area (Å²) >= 11 is 1.29. The van der Waals surface area contributed by atoms with Crippen molar-refractivity contribution in [1.82, 2.24) is 0 Å².